The monoisotopic (exact) mass is 500 g/mol. The fourth-order valence-corrected chi connectivity index (χ4v) is 6.68. The van der Waals surface area contributed by atoms with Crippen molar-refractivity contribution in [2.45, 2.75) is 12.0 Å². The second-order valence-electron chi connectivity index (χ2n) is 10.2. The van der Waals surface area contributed by atoms with E-state index in [4.69, 9.17) is 9.41 Å². The molecule has 0 radical (unpaired) electrons. The van der Waals surface area contributed by atoms with E-state index in [1.807, 2.05) is 36.5 Å². The van der Waals surface area contributed by atoms with Gasteiger partial charge in [-0.15, -0.1) is 0 Å². The molecule has 1 unspecified atom stereocenters. The van der Waals surface area contributed by atoms with Crippen molar-refractivity contribution in [2.24, 2.45) is 9.98 Å². The second kappa shape index (κ2) is 8.24. The minimum Gasteiger partial charge on any atom is -0.459 e. The summed E-state index contributed by atoms with van der Waals surface area (Å²) in [6.45, 7) is 4.26. The summed E-state index contributed by atoms with van der Waals surface area (Å²) in [5, 5.41) is 1.16. The summed E-state index contributed by atoms with van der Waals surface area (Å²) in [5.74, 6) is 1.02. The van der Waals surface area contributed by atoms with Crippen molar-refractivity contribution in [1.82, 2.24) is 0 Å². The Labute approximate surface area is 226 Å². The van der Waals surface area contributed by atoms with Crippen LogP contribution in [0.15, 0.2) is 130 Å². The van der Waals surface area contributed by atoms with Crippen LogP contribution in [0.25, 0.3) is 33.2 Å². The van der Waals surface area contributed by atoms with Gasteiger partial charge >= 0.3 is 0 Å². The molecule has 2 aliphatic rings. The van der Waals surface area contributed by atoms with Gasteiger partial charge in [-0.1, -0.05) is 103 Å². The van der Waals surface area contributed by atoms with E-state index in [-0.39, 0.29) is 0 Å². The molecule has 184 valence electrons. The Morgan fingerprint density at radius 3 is 2.26 bits per heavy atom. The number of benzene rings is 5. The zero-order valence-electron chi connectivity index (χ0n) is 21.3. The number of hydrogen-bond donors (Lipinski definition) is 0. The topological polar surface area (TPSA) is 37.9 Å². The van der Waals surface area contributed by atoms with E-state index in [2.05, 4.69) is 96.6 Å². The number of furan rings is 1. The van der Waals surface area contributed by atoms with Gasteiger partial charge in [0.05, 0.1) is 12.2 Å². The van der Waals surface area contributed by atoms with Crippen LogP contribution in [0.2, 0.25) is 0 Å². The highest BCUT2D eigenvalue weighted by Gasteiger charge is 2.54. The van der Waals surface area contributed by atoms with Gasteiger partial charge in [0.25, 0.3) is 0 Å². The summed E-state index contributed by atoms with van der Waals surface area (Å²) in [6.07, 6.45) is 1.89. The van der Waals surface area contributed by atoms with Crippen LogP contribution in [-0.2, 0) is 12.0 Å². The van der Waals surface area contributed by atoms with Gasteiger partial charge in [-0.2, -0.15) is 0 Å². The normalized spacial score (nSPS) is 16.4. The Bertz CT molecular complexity index is 1980. The first-order valence-corrected chi connectivity index (χ1v) is 13.2. The van der Waals surface area contributed by atoms with Crippen LogP contribution in [0.1, 0.15) is 33.6 Å². The Hall–Kier alpha value is -5.02. The molecular weight excluding hydrogens is 476 g/mol. The molecule has 5 aromatic carbocycles. The largest absolute Gasteiger partial charge is 0.459 e. The molecule has 8 rings (SSSR count). The summed E-state index contributed by atoms with van der Waals surface area (Å²) < 4.78 is 6.80. The molecule has 3 nitrogen and oxygen atoms in total. The molecule has 0 amide bonds. The molecule has 0 aliphatic heterocycles. The van der Waals surface area contributed by atoms with Crippen molar-refractivity contribution < 1.29 is 4.42 Å². The molecule has 39 heavy (non-hydrogen) atoms. The molecule has 1 atom stereocenters. The zero-order chi connectivity index (χ0) is 26.0. The molecule has 2 aliphatic carbocycles. The van der Waals surface area contributed by atoms with Gasteiger partial charge in [-0.05, 0) is 57.8 Å². The molecule has 1 aromatic heterocycles. The van der Waals surface area contributed by atoms with E-state index in [9.17, 15) is 0 Å². The molecule has 1 spiro atoms. The fraction of sp³-hybridized carbons (Fsp3) is 0.0556. The smallest absolute Gasteiger partial charge is 0.135 e. The van der Waals surface area contributed by atoms with E-state index in [1.165, 1.54) is 38.9 Å². The lowest BCUT2D eigenvalue weighted by atomic mass is 9.73. The summed E-state index contributed by atoms with van der Waals surface area (Å²) in [5.41, 5.74) is 12.2. The third-order valence-corrected chi connectivity index (χ3v) is 8.26. The van der Waals surface area contributed by atoms with Gasteiger partial charge in [-0.3, -0.25) is 9.98 Å². The lowest BCUT2D eigenvalue weighted by molar-refractivity contribution is 0.506. The first-order chi connectivity index (χ1) is 19.3. The van der Waals surface area contributed by atoms with Gasteiger partial charge in [0.1, 0.15) is 16.8 Å². The van der Waals surface area contributed by atoms with Crippen LogP contribution in [0.3, 0.4) is 0 Å². The first-order valence-electron chi connectivity index (χ1n) is 13.2. The van der Waals surface area contributed by atoms with Crippen molar-refractivity contribution in [1.29, 1.82) is 0 Å². The van der Waals surface area contributed by atoms with Crippen molar-refractivity contribution >= 4 is 29.6 Å². The second-order valence-corrected chi connectivity index (χ2v) is 10.2. The predicted octanol–water partition coefficient (Wildman–Crippen LogP) is 8.73. The third-order valence-electron chi connectivity index (χ3n) is 8.26. The zero-order valence-corrected chi connectivity index (χ0v) is 21.3. The molecule has 0 bridgehead atoms. The standard InChI is InChI=1S/C36H24N2O/c1-37-32-16-8-2-10-24(32)22-38-21-23-18-19-26-25-11-3-6-14-29(25)36(31(26)20-23)30-15-7-4-12-27(30)34-28-13-5-9-17-33(28)39-35(34)36/h2-20,22H,1,21H2. The minimum absolute atomic E-state index is 0.504. The van der Waals surface area contributed by atoms with Crippen molar-refractivity contribution in [3.8, 4) is 22.3 Å². The van der Waals surface area contributed by atoms with Crippen LogP contribution < -0.4 is 0 Å². The SMILES string of the molecule is C=Nc1ccccc1C=NCc1ccc2c(c1)C1(c3ccccc3-2)c2ccccc2-c2c1oc1ccccc21. The van der Waals surface area contributed by atoms with E-state index in [0.717, 1.165) is 33.5 Å². The molecular formula is C36H24N2O. The summed E-state index contributed by atoms with van der Waals surface area (Å²) >= 11 is 0. The van der Waals surface area contributed by atoms with Gasteiger partial charge in [0.2, 0.25) is 0 Å². The molecule has 0 N–H and O–H groups in total. The lowest BCUT2D eigenvalue weighted by Crippen LogP contribution is -2.25. The number of aliphatic imine (C=N–C) groups is 2. The van der Waals surface area contributed by atoms with Crippen LogP contribution in [0.5, 0.6) is 0 Å². The summed E-state index contributed by atoms with van der Waals surface area (Å²) in [6, 6.07) is 40.7. The van der Waals surface area contributed by atoms with Gasteiger partial charge < -0.3 is 4.42 Å². The Kier molecular flexibility index (Phi) is 4.65. The van der Waals surface area contributed by atoms with Gasteiger partial charge in [0.15, 0.2) is 0 Å². The number of fused-ring (bicyclic) bond motifs is 12. The van der Waals surface area contributed by atoms with Crippen LogP contribution in [0.4, 0.5) is 5.69 Å². The molecule has 6 aromatic rings. The Morgan fingerprint density at radius 2 is 1.38 bits per heavy atom. The highest BCUT2D eigenvalue weighted by molar-refractivity contribution is 6.04. The summed E-state index contributed by atoms with van der Waals surface area (Å²) in [4.78, 5) is 8.92. The van der Waals surface area contributed by atoms with E-state index < -0.39 is 5.41 Å². The highest BCUT2D eigenvalue weighted by Crippen LogP contribution is 2.64. The molecule has 1 heterocycles. The maximum absolute atomic E-state index is 6.80. The van der Waals surface area contributed by atoms with Crippen LogP contribution in [-0.4, -0.2) is 12.9 Å². The molecule has 0 fully saturated rings. The predicted molar refractivity (Wildman–Crippen MR) is 159 cm³/mol. The van der Waals surface area contributed by atoms with E-state index in [1.54, 1.807) is 0 Å². The molecule has 0 saturated heterocycles. The number of nitrogens with zero attached hydrogens (tertiary/aromatic N) is 2. The van der Waals surface area contributed by atoms with Crippen molar-refractivity contribution in [3.63, 3.8) is 0 Å². The Balaban J connectivity index is 1.35. The average molecular weight is 501 g/mol. The minimum atomic E-state index is -0.504. The number of hydrogen-bond acceptors (Lipinski definition) is 3. The van der Waals surface area contributed by atoms with E-state index >= 15 is 0 Å². The van der Waals surface area contributed by atoms with Crippen LogP contribution in [0, 0.1) is 0 Å². The Morgan fingerprint density at radius 1 is 0.692 bits per heavy atom. The average Bonchev–Trinajstić information content (AvgIpc) is 3.61. The maximum Gasteiger partial charge on any atom is 0.135 e. The molecule has 0 saturated carbocycles. The third kappa shape index (κ3) is 2.93. The van der Waals surface area contributed by atoms with Crippen LogP contribution >= 0.6 is 0 Å². The van der Waals surface area contributed by atoms with E-state index in [0.29, 0.717) is 6.54 Å². The maximum atomic E-state index is 6.80. The van der Waals surface area contributed by atoms with Gasteiger partial charge in [-0.25, -0.2) is 0 Å². The fourth-order valence-electron chi connectivity index (χ4n) is 6.68. The van der Waals surface area contributed by atoms with Crippen molar-refractivity contribution in [3.05, 3.63) is 149 Å². The van der Waals surface area contributed by atoms with Crippen molar-refractivity contribution in [2.75, 3.05) is 0 Å². The first kappa shape index (κ1) is 22.0. The molecule has 3 heteroatoms. The quantitative estimate of drug-likeness (QED) is 0.223. The highest BCUT2D eigenvalue weighted by atomic mass is 16.3. The number of rotatable bonds is 4. The summed E-state index contributed by atoms with van der Waals surface area (Å²) in [7, 11) is 0. The lowest BCUT2D eigenvalue weighted by Gasteiger charge is -2.28. The van der Waals surface area contributed by atoms with Gasteiger partial charge in [0, 0.05) is 22.7 Å². The number of para-hydroxylation sites is 2.